The van der Waals surface area contributed by atoms with Crippen LogP contribution in [0.25, 0.3) is 0 Å². The number of phenolic OH excluding ortho intramolecular Hbond substituents is 1. The average Bonchev–Trinajstić information content (AvgIpc) is 2.80. The minimum atomic E-state index is -0.523. The van der Waals surface area contributed by atoms with Gasteiger partial charge in [-0.25, -0.2) is 0 Å². The summed E-state index contributed by atoms with van der Waals surface area (Å²) in [6, 6.07) is 11.2. The molecule has 1 aliphatic carbocycles. The van der Waals surface area contributed by atoms with E-state index in [1.165, 1.54) is 26.4 Å². The van der Waals surface area contributed by atoms with Crippen LogP contribution in [0.5, 0.6) is 11.5 Å². The number of ketones is 2. The number of phenols is 1. The Bertz CT molecular complexity index is 1140. The molecule has 0 fully saturated rings. The molecule has 8 nitrogen and oxygen atoms in total. The van der Waals surface area contributed by atoms with Crippen LogP contribution in [-0.4, -0.2) is 43.9 Å². The molecule has 166 valence electrons. The lowest BCUT2D eigenvalue weighted by Crippen LogP contribution is -2.26. The van der Waals surface area contributed by atoms with Crippen molar-refractivity contribution in [1.29, 1.82) is 0 Å². The maximum absolute atomic E-state index is 12.9. The minimum Gasteiger partial charge on any atom is -0.507 e. The number of Topliss-reactive ketones (excluding diaryl/α,β-unsaturated/α-hetero) is 2. The molecule has 2 N–H and O–H groups in total. The van der Waals surface area contributed by atoms with E-state index in [0.29, 0.717) is 17.0 Å². The second-order valence-corrected chi connectivity index (χ2v) is 7.04. The highest BCUT2D eigenvalue weighted by Crippen LogP contribution is 2.29. The number of rotatable bonds is 7. The molecule has 2 aromatic carbocycles. The van der Waals surface area contributed by atoms with Crippen molar-refractivity contribution in [3.8, 4) is 11.5 Å². The zero-order chi connectivity index (χ0) is 23.4. The zero-order valence-electron chi connectivity index (χ0n) is 18.1. The minimum absolute atomic E-state index is 0.0336. The number of carbonyl (C=O) groups is 3. The Morgan fingerprint density at radius 3 is 2.12 bits per heavy atom. The van der Waals surface area contributed by atoms with Crippen molar-refractivity contribution in [1.82, 2.24) is 0 Å². The van der Waals surface area contributed by atoms with Crippen LogP contribution in [0.3, 0.4) is 0 Å². The van der Waals surface area contributed by atoms with E-state index in [1.807, 2.05) is 0 Å². The molecule has 0 spiro atoms. The summed E-state index contributed by atoms with van der Waals surface area (Å²) in [5.41, 5.74) is 1.60. The van der Waals surface area contributed by atoms with E-state index in [-0.39, 0.29) is 40.4 Å². The normalized spacial score (nSPS) is 13.9. The molecule has 0 radical (unpaired) electrons. The van der Waals surface area contributed by atoms with E-state index in [4.69, 9.17) is 14.2 Å². The lowest BCUT2D eigenvalue weighted by Gasteiger charge is -2.20. The first kappa shape index (κ1) is 22.6. The fourth-order valence-electron chi connectivity index (χ4n) is 3.36. The number of carbonyl (C=O) groups excluding carboxylic acids is 3. The molecule has 32 heavy (non-hydrogen) atoms. The summed E-state index contributed by atoms with van der Waals surface area (Å²) in [7, 11) is 4.13. The number of hydrogen-bond donors (Lipinski definition) is 2. The van der Waals surface area contributed by atoms with Gasteiger partial charge < -0.3 is 24.6 Å². The summed E-state index contributed by atoms with van der Waals surface area (Å²) in [5, 5.41) is 12.9. The van der Waals surface area contributed by atoms with Gasteiger partial charge in [0, 0.05) is 23.3 Å². The highest BCUT2D eigenvalue weighted by Gasteiger charge is 2.34. The van der Waals surface area contributed by atoms with Gasteiger partial charge in [-0.3, -0.25) is 14.4 Å². The van der Waals surface area contributed by atoms with Gasteiger partial charge in [0.15, 0.2) is 0 Å². The van der Waals surface area contributed by atoms with E-state index < -0.39 is 17.5 Å². The molecule has 2 aromatic rings. The second-order valence-electron chi connectivity index (χ2n) is 7.04. The number of nitrogens with one attached hydrogen (secondary N) is 1. The number of ether oxygens (including phenoxy) is 3. The van der Waals surface area contributed by atoms with Gasteiger partial charge in [0.1, 0.15) is 11.5 Å². The van der Waals surface area contributed by atoms with Crippen LogP contribution in [0.4, 0.5) is 5.69 Å². The first-order valence-corrected chi connectivity index (χ1v) is 9.69. The van der Waals surface area contributed by atoms with Crippen molar-refractivity contribution < 1.29 is 33.7 Å². The maximum Gasteiger partial charge on any atom is 0.259 e. The summed E-state index contributed by atoms with van der Waals surface area (Å²) in [5.74, 6) is -1.28. The first-order chi connectivity index (χ1) is 15.3. The van der Waals surface area contributed by atoms with Gasteiger partial charge in [-0.15, -0.1) is 0 Å². The molecule has 0 unspecified atom stereocenters. The number of aromatic hydroxyl groups is 1. The summed E-state index contributed by atoms with van der Waals surface area (Å²) in [6.07, 6.45) is 0.0728. The van der Waals surface area contributed by atoms with E-state index in [2.05, 4.69) is 5.32 Å². The van der Waals surface area contributed by atoms with E-state index >= 15 is 0 Å². The van der Waals surface area contributed by atoms with Crippen LogP contribution >= 0.6 is 0 Å². The Hall–Kier alpha value is -4.07. The number of amides is 1. The number of anilines is 1. The molecular weight excluding hydrogens is 414 g/mol. The molecule has 0 saturated heterocycles. The van der Waals surface area contributed by atoms with Crippen molar-refractivity contribution in [2.45, 2.75) is 13.3 Å². The molecule has 3 rings (SSSR count). The van der Waals surface area contributed by atoms with Gasteiger partial charge in [-0.1, -0.05) is 6.07 Å². The maximum atomic E-state index is 12.9. The monoisotopic (exact) mass is 437 g/mol. The molecule has 0 heterocycles. The van der Waals surface area contributed by atoms with Gasteiger partial charge in [-0.05, 0) is 48.9 Å². The van der Waals surface area contributed by atoms with Crippen LogP contribution in [0.1, 0.15) is 22.8 Å². The van der Waals surface area contributed by atoms with Crippen LogP contribution in [0.15, 0.2) is 65.1 Å². The quantitative estimate of drug-likeness (QED) is 0.640. The van der Waals surface area contributed by atoms with Crippen molar-refractivity contribution in [2.75, 3.05) is 26.6 Å². The Labute approximate surface area is 185 Å². The van der Waals surface area contributed by atoms with Crippen LogP contribution in [-0.2, 0) is 25.5 Å². The van der Waals surface area contributed by atoms with Crippen LogP contribution < -0.4 is 10.1 Å². The highest BCUT2D eigenvalue weighted by molar-refractivity contribution is 6.23. The smallest absolute Gasteiger partial charge is 0.259 e. The Morgan fingerprint density at radius 1 is 0.906 bits per heavy atom. The Kier molecular flexibility index (Phi) is 6.63. The van der Waals surface area contributed by atoms with Gasteiger partial charge in [0.2, 0.25) is 23.1 Å². The summed E-state index contributed by atoms with van der Waals surface area (Å²) < 4.78 is 15.2. The van der Waals surface area contributed by atoms with Crippen molar-refractivity contribution in [3.63, 3.8) is 0 Å². The number of methoxy groups -OCH3 is 3. The third kappa shape index (κ3) is 4.34. The molecule has 0 aliphatic heterocycles. The summed E-state index contributed by atoms with van der Waals surface area (Å²) in [6.45, 7) is 1.54. The zero-order valence-corrected chi connectivity index (χ0v) is 18.1. The lowest BCUT2D eigenvalue weighted by atomic mass is 9.88. The van der Waals surface area contributed by atoms with Crippen molar-refractivity contribution in [3.05, 3.63) is 76.3 Å². The SMILES string of the molecule is COC1=C(OC)C(=O)C(Cc2ccc(O)c(C(=O)Nc3ccc(OC)cc3)c2)=C(C)C1=O. The van der Waals surface area contributed by atoms with Crippen molar-refractivity contribution in [2.24, 2.45) is 0 Å². The molecular formula is C24H23NO7. The fourth-order valence-corrected chi connectivity index (χ4v) is 3.36. The summed E-state index contributed by atoms with van der Waals surface area (Å²) in [4.78, 5) is 38.1. The Balaban J connectivity index is 1.87. The van der Waals surface area contributed by atoms with E-state index in [1.54, 1.807) is 44.4 Å². The van der Waals surface area contributed by atoms with Gasteiger partial charge in [-0.2, -0.15) is 0 Å². The van der Waals surface area contributed by atoms with E-state index in [9.17, 15) is 19.5 Å². The Morgan fingerprint density at radius 2 is 1.53 bits per heavy atom. The number of hydrogen-bond acceptors (Lipinski definition) is 7. The van der Waals surface area contributed by atoms with Gasteiger partial charge >= 0.3 is 0 Å². The third-order valence-corrected chi connectivity index (χ3v) is 5.13. The topological polar surface area (TPSA) is 111 Å². The molecule has 8 heteroatoms. The molecule has 0 bridgehead atoms. The number of allylic oxidation sites excluding steroid dienone is 2. The molecule has 0 aromatic heterocycles. The average molecular weight is 437 g/mol. The largest absolute Gasteiger partial charge is 0.507 e. The highest BCUT2D eigenvalue weighted by atomic mass is 16.5. The summed E-state index contributed by atoms with van der Waals surface area (Å²) >= 11 is 0. The van der Waals surface area contributed by atoms with Gasteiger partial charge in [0.25, 0.3) is 5.91 Å². The molecule has 1 amide bonds. The van der Waals surface area contributed by atoms with Crippen LogP contribution in [0.2, 0.25) is 0 Å². The standard InChI is InChI=1S/C24H23NO7/c1-13-17(21(28)23(32-4)22(31-3)20(13)27)11-14-5-10-19(26)18(12-14)24(29)25-15-6-8-16(30-2)9-7-15/h5-10,12,26H,11H2,1-4H3,(H,25,29). The predicted octanol–water partition coefficient (Wildman–Crippen LogP) is 3.17. The molecule has 0 saturated carbocycles. The lowest BCUT2D eigenvalue weighted by molar-refractivity contribution is -0.121. The predicted molar refractivity (Wildman–Crippen MR) is 117 cm³/mol. The van der Waals surface area contributed by atoms with Crippen molar-refractivity contribution >= 4 is 23.2 Å². The van der Waals surface area contributed by atoms with Crippen LogP contribution in [0, 0.1) is 0 Å². The molecule has 0 atom stereocenters. The van der Waals surface area contributed by atoms with Gasteiger partial charge in [0.05, 0.1) is 26.9 Å². The third-order valence-electron chi connectivity index (χ3n) is 5.13. The van der Waals surface area contributed by atoms with E-state index in [0.717, 1.165) is 0 Å². The number of benzene rings is 2. The fraction of sp³-hybridized carbons (Fsp3) is 0.208. The second kappa shape index (κ2) is 9.38. The first-order valence-electron chi connectivity index (χ1n) is 9.69. The molecule has 1 aliphatic rings.